The summed E-state index contributed by atoms with van der Waals surface area (Å²) in [6.45, 7) is 2.84. The predicted molar refractivity (Wildman–Crippen MR) is 48.7 cm³/mol. The molecular formula is C9H16O5. The lowest BCUT2D eigenvalue weighted by Gasteiger charge is -2.22. The second-order valence-electron chi connectivity index (χ2n) is 3.52. The maximum absolute atomic E-state index is 11.2. The number of aliphatic carboxylic acids is 1. The summed E-state index contributed by atoms with van der Waals surface area (Å²) in [4.78, 5) is 22.1. The largest absolute Gasteiger partial charge is 0.480 e. The Morgan fingerprint density at radius 1 is 1.50 bits per heavy atom. The molecular weight excluding hydrogens is 188 g/mol. The zero-order valence-corrected chi connectivity index (χ0v) is 8.61. The van der Waals surface area contributed by atoms with Crippen molar-refractivity contribution in [2.24, 2.45) is 5.41 Å². The van der Waals surface area contributed by atoms with Crippen LogP contribution in [0.25, 0.3) is 0 Å². The monoisotopic (exact) mass is 204 g/mol. The highest BCUT2D eigenvalue weighted by Gasteiger charge is 2.42. The maximum Gasteiger partial charge on any atom is 0.322 e. The van der Waals surface area contributed by atoms with Crippen LogP contribution in [0.2, 0.25) is 0 Å². The van der Waals surface area contributed by atoms with Crippen molar-refractivity contribution in [1.29, 1.82) is 0 Å². The topological polar surface area (TPSA) is 83.8 Å². The van der Waals surface area contributed by atoms with Crippen molar-refractivity contribution in [3.63, 3.8) is 0 Å². The van der Waals surface area contributed by atoms with Gasteiger partial charge in [0.25, 0.3) is 0 Å². The summed E-state index contributed by atoms with van der Waals surface area (Å²) < 4.78 is 4.41. The zero-order valence-electron chi connectivity index (χ0n) is 8.61. The normalized spacial score (nSPS) is 16.9. The number of carbonyl (C=O) groups excluding carboxylic acids is 1. The number of methoxy groups -OCH3 is 1. The summed E-state index contributed by atoms with van der Waals surface area (Å²) in [7, 11) is 1.14. The Morgan fingerprint density at radius 2 is 2.00 bits per heavy atom. The van der Waals surface area contributed by atoms with Gasteiger partial charge >= 0.3 is 11.9 Å². The molecule has 2 unspecified atom stereocenters. The average molecular weight is 204 g/mol. The lowest BCUT2D eigenvalue weighted by atomic mass is 9.85. The molecule has 0 aromatic rings. The molecule has 5 nitrogen and oxygen atoms in total. The third-order valence-electron chi connectivity index (χ3n) is 2.17. The molecule has 5 heteroatoms. The Hall–Kier alpha value is -1.10. The predicted octanol–water partition coefficient (Wildman–Crippen LogP) is 0.411. The Kier molecular flexibility index (Phi) is 4.56. The van der Waals surface area contributed by atoms with Gasteiger partial charge in [-0.15, -0.1) is 0 Å². The van der Waals surface area contributed by atoms with E-state index in [1.807, 2.05) is 0 Å². The molecule has 2 N–H and O–H groups in total. The molecule has 0 heterocycles. The van der Waals surface area contributed by atoms with Gasteiger partial charge in [-0.2, -0.15) is 0 Å². The van der Waals surface area contributed by atoms with E-state index in [1.54, 1.807) is 6.92 Å². The van der Waals surface area contributed by atoms with Gasteiger partial charge in [-0.05, 0) is 26.7 Å². The van der Waals surface area contributed by atoms with Crippen molar-refractivity contribution < 1.29 is 24.5 Å². The van der Waals surface area contributed by atoms with Crippen LogP contribution in [0.5, 0.6) is 0 Å². The number of ether oxygens (including phenoxy) is 1. The van der Waals surface area contributed by atoms with Crippen molar-refractivity contribution >= 4 is 11.9 Å². The van der Waals surface area contributed by atoms with Crippen LogP contribution in [-0.4, -0.2) is 35.4 Å². The Bertz CT molecular complexity index is 223. The van der Waals surface area contributed by atoms with Gasteiger partial charge in [-0.3, -0.25) is 9.59 Å². The third kappa shape index (κ3) is 2.99. The highest BCUT2D eigenvalue weighted by molar-refractivity contribution is 5.98. The molecule has 0 aromatic heterocycles. The molecule has 0 rings (SSSR count). The van der Waals surface area contributed by atoms with E-state index in [0.29, 0.717) is 0 Å². The van der Waals surface area contributed by atoms with Crippen molar-refractivity contribution in [3.8, 4) is 0 Å². The van der Waals surface area contributed by atoms with Gasteiger partial charge in [-0.25, -0.2) is 0 Å². The van der Waals surface area contributed by atoms with Gasteiger partial charge in [-0.1, -0.05) is 0 Å². The van der Waals surface area contributed by atoms with Crippen LogP contribution in [0, 0.1) is 5.41 Å². The SMILES string of the molecule is COC(=O)C(C)(CCC(C)O)C(=O)O. The minimum atomic E-state index is -1.56. The molecule has 0 amide bonds. The molecule has 0 aliphatic heterocycles. The molecule has 2 atom stereocenters. The fourth-order valence-electron chi connectivity index (χ4n) is 1.02. The summed E-state index contributed by atoms with van der Waals surface area (Å²) in [6, 6.07) is 0. The first-order chi connectivity index (χ1) is 6.34. The van der Waals surface area contributed by atoms with Crippen molar-refractivity contribution in [1.82, 2.24) is 0 Å². The summed E-state index contributed by atoms with van der Waals surface area (Å²) >= 11 is 0. The lowest BCUT2D eigenvalue weighted by Crippen LogP contribution is -2.38. The zero-order chi connectivity index (χ0) is 11.4. The van der Waals surface area contributed by atoms with Crippen LogP contribution in [0.1, 0.15) is 26.7 Å². The number of aliphatic hydroxyl groups is 1. The molecule has 0 fully saturated rings. The summed E-state index contributed by atoms with van der Waals surface area (Å²) in [5.41, 5.74) is -1.56. The van der Waals surface area contributed by atoms with Crippen LogP contribution in [0.3, 0.4) is 0 Å². The first-order valence-corrected chi connectivity index (χ1v) is 4.34. The first-order valence-electron chi connectivity index (χ1n) is 4.34. The fourth-order valence-corrected chi connectivity index (χ4v) is 1.02. The highest BCUT2D eigenvalue weighted by atomic mass is 16.5. The molecule has 0 aliphatic rings. The number of hydrogen-bond donors (Lipinski definition) is 2. The number of rotatable bonds is 5. The van der Waals surface area contributed by atoms with E-state index in [2.05, 4.69) is 4.74 Å². The van der Waals surface area contributed by atoms with Crippen molar-refractivity contribution in [2.45, 2.75) is 32.8 Å². The Morgan fingerprint density at radius 3 is 2.29 bits per heavy atom. The van der Waals surface area contributed by atoms with Gasteiger partial charge in [0.05, 0.1) is 13.2 Å². The number of esters is 1. The Labute approximate surface area is 82.7 Å². The van der Waals surface area contributed by atoms with Gasteiger partial charge in [0.1, 0.15) is 0 Å². The highest BCUT2D eigenvalue weighted by Crippen LogP contribution is 2.26. The van der Waals surface area contributed by atoms with Crippen LogP contribution < -0.4 is 0 Å². The summed E-state index contributed by atoms with van der Waals surface area (Å²) in [5, 5.41) is 17.9. The smallest absolute Gasteiger partial charge is 0.322 e. The van der Waals surface area contributed by atoms with Crippen molar-refractivity contribution in [3.05, 3.63) is 0 Å². The van der Waals surface area contributed by atoms with E-state index in [1.165, 1.54) is 6.92 Å². The van der Waals surface area contributed by atoms with E-state index in [4.69, 9.17) is 10.2 Å². The van der Waals surface area contributed by atoms with E-state index in [-0.39, 0.29) is 12.8 Å². The quantitative estimate of drug-likeness (QED) is 0.500. The van der Waals surface area contributed by atoms with Gasteiger partial charge < -0.3 is 14.9 Å². The summed E-state index contributed by atoms with van der Waals surface area (Å²) in [5.74, 6) is -2.02. The van der Waals surface area contributed by atoms with Crippen molar-refractivity contribution in [2.75, 3.05) is 7.11 Å². The molecule has 0 aliphatic carbocycles. The molecule has 0 saturated carbocycles. The van der Waals surface area contributed by atoms with Crippen LogP contribution in [-0.2, 0) is 14.3 Å². The molecule has 0 radical (unpaired) electrons. The molecule has 14 heavy (non-hydrogen) atoms. The van der Waals surface area contributed by atoms with E-state index >= 15 is 0 Å². The minimum Gasteiger partial charge on any atom is -0.480 e. The molecule has 82 valence electrons. The third-order valence-corrected chi connectivity index (χ3v) is 2.17. The van der Waals surface area contributed by atoms with E-state index in [0.717, 1.165) is 7.11 Å². The minimum absolute atomic E-state index is 0.0622. The van der Waals surface area contributed by atoms with Gasteiger partial charge in [0.15, 0.2) is 5.41 Å². The number of carboxylic acid groups (broad SMARTS) is 1. The number of aliphatic hydroxyl groups excluding tert-OH is 1. The van der Waals surface area contributed by atoms with Gasteiger partial charge in [0, 0.05) is 0 Å². The second kappa shape index (κ2) is 4.95. The maximum atomic E-state index is 11.2. The lowest BCUT2D eigenvalue weighted by molar-refractivity contribution is -0.166. The standard InChI is InChI=1S/C9H16O5/c1-6(10)4-5-9(2,7(11)12)8(13)14-3/h6,10H,4-5H2,1-3H3,(H,11,12). The molecule has 0 saturated heterocycles. The molecule has 0 aromatic carbocycles. The van der Waals surface area contributed by atoms with Crippen LogP contribution in [0.4, 0.5) is 0 Å². The second-order valence-corrected chi connectivity index (χ2v) is 3.52. The Balaban J connectivity index is 4.56. The molecule has 0 bridgehead atoms. The van der Waals surface area contributed by atoms with E-state index < -0.39 is 23.5 Å². The average Bonchev–Trinajstić information content (AvgIpc) is 2.12. The fraction of sp³-hybridized carbons (Fsp3) is 0.778. The molecule has 0 spiro atoms. The first kappa shape index (κ1) is 12.9. The number of hydrogen-bond acceptors (Lipinski definition) is 4. The summed E-state index contributed by atoms with van der Waals surface area (Å²) in [6.07, 6.45) is -0.316. The van der Waals surface area contributed by atoms with E-state index in [9.17, 15) is 9.59 Å². The van der Waals surface area contributed by atoms with Gasteiger partial charge in [0.2, 0.25) is 0 Å². The number of carboxylic acids is 1. The number of carbonyl (C=O) groups is 2. The van der Waals surface area contributed by atoms with Crippen LogP contribution >= 0.6 is 0 Å². The van der Waals surface area contributed by atoms with Crippen LogP contribution in [0.15, 0.2) is 0 Å².